The molecule has 2 rings (SSSR count). The predicted octanol–water partition coefficient (Wildman–Crippen LogP) is 1.57. The number of aromatic nitrogens is 1. The molecule has 0 aliphatic heterocycles. The lowest BCUT2D eigenvalue weighted by atomic mass is 10.1. The lowest BCUT2D eigenvalue weighted by molar-refractivity contribution is -0.138. The van der Waals surface area contributed by atoms with Crippen molar-refractivity contribution in [1.29, 1.82) is 0 Å². The number of carboxylic acids is 1. The van der Waals surface area contributed by atoms with Gasteiger partial charge in [-0.3, -0.25) is 4.79 Å². The molecule has 0 aliphatic rings. The van der Waals surface area contributed by atoms with Gasteiger partial charge in [-0.05, 0) is 18.2 Å². The average Bonchev–Trinajstić information content (AvgIpc) is 2.59. The van der Waals surface area contributed by atoms with Crippen LogP contribution in [0.15, 0.2) is 22.7 Å². The molecule has 0 amide bonds. The van der Waals surface area contributed by atoms with Gasteiger partial charge in [0.05, 0.1) is 0 Å². The second-order valence-corrected chi connectivity index (χ2v) is 3.46. The van der Waals surface area contributed by atoms with Gasteiger partial charge < -0.3 is 15.4 Å². The van der Waals surface area contributed by atoms with E-state index in [1.54, 1.807) is 18.2 Å². The Morgan fingerprint density at radius 1 is 1.60 bits per heavy atom. The number of carbonyl (C=O) groups is 1. The minimum absolute atomic E-state index is 0.181. The standard InChI is InChI=1S/C9H7ClN2O3/c10-4-1-2-6-5(3-4)8(12-15-6)7(11)9(13)14/h1-3,7H,11H2,(H,13,14)/t7-/m0/s1. The van der Waals surface area contributed by atoms with E-state index in [0.29, 0.717) is 16.0 Å². The first-order valence-electron chi connectivity index (χ1n) is 4.13. The summed E-state index contributed by atoms with van der Waals surface area (Å²) in [7, 11) is 0. The maximum atomic E-state index is 10.7. The number of rotatable bonds is 2. The summed E-state index contributed by atoms with van der Waals surface area (Å²) in [5, 5.41) is 13.4. The van der Waals surface area contributed by atoms with Crippen LogP contribution in [0.1, 0.15) is 11.7 Å². The third kappa shape index (κ3) is 1.67. The topological polar surface area (TPSA) is 89.4 Å². The summed E-state index contributed by atoms with van der Waals surface area (Å²) in [4.78, 5) is 10.7. The minimum Gasteiger partial charge on any atom is -0.480 e. The number of nitrogens with zero attached hydrogens (tertiary/aromatic N) is 1. The van der Waals surface area contributed by atoms with Crippen LogP contribution >= 0.6 is 11.6 Å². The summed E-state index contributed by atoms with van der Waals surface area (Å²) in [6.07, 6.45) is 0. The Labute approximate surface area is 89.4 Å². The van der Waals surface area contributed by atoms with E-state index in [-0.39, 0.29) is 5.69 Å². The van der Waals surface area contributed by atoms with E-state index in [9.17, 15) is 4.79 Å². The quantitative estimate of drug-likeness (QED) is 0.811. The molecule has 0 radical (unpaired) electrons. The summed E-state index contributed by atoms with van der Waals surface area (Å²) < 4.78 is 4.92. The van der Waals surface area contributed by atoms with Gasteiger partial charge >= 0.3 is 5.97 Å². The number of aliphatic carboxylic acids is 1. The van der Waals surface area contributed by atoms with Crippen LogP contribution in [0.4, 0.5) is 0 Å². The van der Waals surface area contributed by atoms with E-state index >= 15 is 0 Å². The molecule has 78 valence electrons. The molecule has 5 nitrogen and oxygen atoms in total. The molecular formula is C9H7ClN2O3. The van der Waals surface area contributed by atoms with Crippen molar-refractivity contribution in [3.05, 3.63) is 28.9 Å². The molecule has 1 atom stereocenters. The molecule has 0 aliphatic carbocycles. The largest absolute Gasteiger partial charge is 0.480 e. The molecule has 1 heterocycles. The summed E-state index contributed by atoms with van der Waals surface area (Å²) in [6.45, 7) is 0. The Morgan fingerprint density at radius 2 is 2.33 bits per heavy atom. The number of benzene rings is 1. The third-order valence-electron chi connectivity index (χ3n) is 2.02. The smallest absolute Gasteiger partial charge is 0.326 e. The highest BCUT2D eigenvalue weighted by molar-refractivity contribution is 6.31. The minimum atomic E-state index is -1.20. The molecule has 0 fully saturated rings. The van der Waals surface area contributed by atoms with Crippen molar-refractivity contribution in [1.82, 2.24) is 5.16 Å². The van der Waals surface area contributed by atoms with Crippen LogP contribution in [0.3, 0.4) is 0 Å². The van der Waals surface area contributed by atoms with E-state index in [4.69, 9.17) is 27.0 Å². The molecule has 0 spiro atoms. The number of halogens is 1. The molecule has 1 aromatic heterocycles. The zero-order valence-electron chi connectivity index (χ0n) is 7.48. The number of hydrogen-bond acceptors (Lipinski definition) is 4. The number of hydrogen-bond donors (Lipinski definition) is 2. The molecule has 2 aromatic rings. The lowest BCUT2D eigenvalue weighted by Crippen LogP contribution is -2.21. The van der Waals surface area contributed by atoms with E-state index in [0.717, 1.165) is 0 Å². The Morgan fingerprint density at radius 3 is 3.00 bits per heavy atom. The first kappa shape index (κ1) is 9.95. The van der Waals surface area contributed by atoms with Gasteiger partial charge in [0.25, 0.3) is 0 Å². The van der Waals surface area contributed by atoms with Gasteiger partial charge in [0, 0.05) is 10.4 Å². The highest BCUT2D eigenvalue weighted by atomic mass is 35.5. The van der Waals surface area contributed by atoms with Gasteiger partial charge in [0.2, 0.25) is 0 Å². The summed E-state index contributed by atoms with van der Waals surface area (Å²) in [6, 6.07) is 3.61. The van der Waals surface area contributed by atoms with E-state index in [1.165, 1.54) is 0 Å². The van der Waals surface area contributed by atoms with E-state index in [2.05, 4.69) is 5.16 Å². The molecule has 0 saturated carbocycles. The van der Waals surface area contributed by atoms with Gasteiger partial charge in [0.15, 0.2) is 11.6 Å². The zero-order valence-corrected chi connectivity index (χ0v) is 8.23. The average molecular weight is 227 g/mol. The Hall–Kier alpha value is -1.59. The van der Waals surface area contributed by atoms with Crippen molar-refractivity contribution >= 4 is 28.5 Å². The second-order valence-electron chi connectivity index (χ2n) is 3.02. The third-order valence-corrected chi connectivity index (χ3v) is 2.26. The monoisotopic (exact) mass is 226 g/mol. The molecule has 0 bridgehead atoms. The maximum absolute atomic E-state index is 10.7. The fourth-order valence-electron chi connectivity index (χ4n) is 1.27. The summed E-state index contributed by atoms with van der Waals surface area (Å²) >= 11 is 5.77. The molecule has 0 saturated heterocycles. The van der Waals surface area contributed by atoms with Crippen molar-refractivity contribution in [3.8, 4) is 0 Å². The fraction of sp³-hybridized carbons (Fsp3) is 0.111. The van der Waals surface area contributed by atoms with Gasteiger partial charge in [0.1, 0.15) is 5.69 Å². The van der Waals surface area contributed by atoms with E-state index in [1.807, 2.05) is 0 Å². The molecule has 0 unspecified atom stereocenters. The van der Waals surface area contributed by atoms with Crippen molar-refractivity contribution in [2.75, 3.05) is 0 Å². The summed E-state index contributed by atoms with van der Waals surface area (Å²) in [5.74, 6) is -1.16. The van der Waals surface area contributed by atoms with Crippen molar-refractivity contribution < 1.29 is 14.4 Å². The summed E-state index contributed by atoms with van der Waals surface area (Å²) in [5.41, 5.74) is 6.08. The second kappa shape index (κ2) is 3.52. The SMILES string of the molecule is N[C@H](C(=O)O)c1noc2ccc(Cl)cc12. The fourth-order valence-corrected chi connectivity index (χ4v) is 1.44. The normalized spacial score (nSPS) is 12.9. The Balaban J connectivity index is 2.61. The lowest BCUT2D eigenvalue weighted by Gasteiger charge is -2.00. The maximum Gasteiger partial charge on any atom is 0.326 e. The van der Waals surface area contributed by atoms with Crippen LogP contribution in [-0.4, -0.2) is 16.2 Å². The molecule has 1 aromatic carbocycles. The molecule has 3 N–H and O–H groups in total. The van der Waals surface area contributed by atoms with Crippen LogP contribution in [0.5, 0.6) is 0 Å². The van der Waals surface area contributed by atoms with E-state index < -0.39 is 12.0 Å². The molecular weight excluding hydrogens is 220 g/mol. The first-order chi connectivity index (χ1) is 7.09. The zero-order chi connectivity index (χ0) is 11.0. The van der Waals surface area contributed by atoms with Crippen molar-refractivity contribution in [2.24, 2.45) is 5.73 Å². The van der Waals surface area contributed by atoms with Gasteiger partial charge in [-0.25, -0.2) is 0 Å². The van der Waals surface area contributed by atoms with Gasteiger partial charge in [-0.15, -0.1) is 0 Å². The molecule has 15 heavy (non-hydrogen) atoms. The first-order valence-corrected chi connectivity index (χ1v) is 4.50. The Bertz CT molecular complexity index is 523. The Kier molecular flexibility index (Phi) is 2.34. The molecule has 6 heteroatoms. The highest BCUT2D eigenvalue weighted by Gasteiger charge is 2.21. The van der Waals surface area contributed by atoms with Crippen LogP contribution in [0.25, 0.3) is 11.0 Å². The van der Waals surface area contributed by atoms with Crippen molar-refractivity contribution in [2.45, 2.75) is 6.04 Å². The number of nitrogens with two attached hydrogens (primary N) is 1. The predicted molar refractivity (Wildman–Crippen MR) is 53.6 cm³/mol. The number of fused-ring (bicyclic) bond motifs is 1. The highest BCUT2D eigenvalue weighted by Crippen LogP contribution is 2.25. The van der Waals surface area contributed by atoms with Crippen molar-refractivity contribution in [3.63, 3.8) is 0 Å². The van der Waals surface area contributed by atoms with Gasteiger partial charge in [-0.1, -0.05) is 16.8 Å². The number of carboxylic acid groups (broad SMARTS) is 1. The van der Waals surface area contributed by atoms with Crippen LogP contribution in [-0.2, 0) is 4.79 Å². The van der Waals surface area contributed by atoms with Gasteiger partial charge in [-0.2, -0.15) is 0 Å². The van der Waals surface area contributed by atoms with Crippen LogP contribution in [0.2, 0.25) is 5.02 Å². The van der Waals surface area contributed by atoms with Crippen LogP contribution in [0, 0.1) is 0 Å². The van der Waals surface area contributed by atoms with Crippen LogP contribution < -0.4 is 5.73 Å².